The molecule has 18 heavy (non-hydrogen) atoms. The van der Waals surface area contributed by atoms with Crippen LogP contribution in [-0.4, -0.2) is 35.5 Å². The van der Waals surface area contributed by atoms with Gasteiger partial charge in [0.05, 0.1) is 0 Å². The first kappa shape index (κ1) is 13.9. The summed E-state index contributed by atoms with van der Waals surface area (Å²) in [6, 6.07) is 11.3. The van der Waals surface area contributed by atoms with Gasteiger partial charge >= 0.3 is 0 Å². The number of nitrogens with two attached hydrogens (primary N) is 1. The van der Waals surface area contributed by atoms with Crippen molar-refractivity contribution in [2.24, 2.45) is 11.7 Å². The van der Waals surface area contributed by atoms with Gasteiger partial charge in [0.25, 0.3) is 0 Å². The highest BCUT2D eigenvalue weighted by Crippen LogP contribution is 2.23. The fourth-order valence-corrected chi connectivity index (χ4v) is 3.60. The molecule has 0 radical (unpaired) electrons. The summed E-state index contributed by atoms with van der Waals surface area (Å²) < 4.78 is 0. The molecular formula is C15H24N2S. The summed E-state index contributed by atoms with van der Waals surface area (Å²) in [6.45, 7) is 6.91. The van der Waals surface area contributed by atoms with E-state index in [0.717, 1.165) is 6.54 Å². The van der Waals surface area contributed by atoms with Crippen molar-refractivity contribution in [3.8, 4) is 0 Å². The topological polar surface area (TPSA) is 29.3 Å². The Morgan fingerprint density at radius 3 is 2.78 bits per heavy atom. The average molecular weight is 264 g/mol. The summed E-state index contributed by atoms with van der Waals surface area (Å²) >= 11 is 2.07. The number of hydrogen-bond acceptors (Lipinski definition) is 3. The second-order valence-electron chi connectivity index (χ2n) is 5.33. The smallest absolute Gasteiger partial charge is 0.0333 e. The minimum absolute atomic E-state index is 0.146. The van der Waals surface area contributed by atoms with E-state index in [1.54, 1.807) is 0 Å². The number of nitrogens with zero attached hydrogens (tertiary/aromatic N) is 1. The highest BCUT2D eigenvalue weighted by molar-refractivity contribution is 7.99. The third-order valence-electron chi connectivity index (χ3n) is 3.83. The van der Waals surface area contributed by atoms with Gasteiger partial charge in [-0.3, -0.25) is 4.90 Å². The molecule has 100 valence electrons. The van der Waals surface area contributed by atoms with E-state index in [2.05, 4.69) is 54.8 Å². The quantitative estimate of drug-likeness (QED) is 0.906. The lowest BCUT2D eigenvalue weighted by molar-refractivity contribution is 0.190. The fraction of sp³-hybridized carbons (Fsp3) is 0.600. The summed E-state index contributed by atoms with van der Waals surface area (Å²) in [5, 5.41) is 0. The van der Waals surface area contributed by atoms with Gasteiger partial charge in [-0.2, -0.15) is 11.8 Å². The van der Waals surface area contributed by atoms with Crippen LogP contribution in [0.25, 0.3) is 0 Å². The molecule has 1 saturated heterocycles. The number of hydrogen-bond donors (Lipinski definition) is 1. The van der Waals surface area contributed by atoms with Crippen LogP contribution in [0, 0.1) is 5.92 Å². The highest BCUT2D eigenvalue weighted by Gasteiger charge is 2.23. The lowest BCUT2D eigenvalue weighted by atomic mass is 9.94. The summed E-state index contributed by atoms with van der Waals surface area (Å²) in [4.78, 5) is 2.59. The van der Waals surface area contributed by atoms with E-state index in [1.165, 1.54) is 23.6 Å². The Labute approximate surface area is 115 Å². The van der Waals surface area contributed by atoms with E-state index in [4.69, 9.17) is 5.73 Å². The van der Waals surface area contributed by atoms with Gasteiger partial charge in [-0.05, 0) is 18.4 Å². The summed E-state index contributed by atoms with van der Waals surface area (Å²) in [7, 11) is 0. The minimum atomic E-state index is 0.146. The van der Waals surface area contributed by atoms with Gasteiger partial charge in [-0.15, -0.1) is 0 Å². The van der Waals surface area contributed by atoms with Crippen LogP contribution in [0.15, 0.2) is 30.3 Å². The standard InChI is InChI=1S/C15H24N2S/c1-12(10-17-8-9-18-11-13(17)2)15(16)14-6-4-3-5-7-14/h3-7,12-13,15H,8-11,16H2,1-2H3. The van der Waals surface area contributed by atoms with Gasteiger partial charge in [0.2, 0.25) is 0 Å². The van der Waals surface area contributed by atoms with Crippen molar-refractivity contribution < 1.29 is 0 Å². The van der Waals surface area contributed by atoms with E-state index in [-0.39, 0.29) is 6.04 Å². The van der Waals surface area contributed by atoms with Gasteiger partial charge in [-0.1, -0.05) is 37.3 Å². The molecule has 2 rings (SSSR count). The van der Waals surface area contributed by atoms with Gasteiger partial charge in [0.1, 0.15) is 0 Å². The van der Waals surface area contributed by atoms with Crippen LogP contribution < -0.4 is 5.73 Å². The van der Waals surface area contributed by atoms with Crippen LogP contribution >= 0.6 is 11.8 Å². The van der Waals surface area contributed by atoms with Crippen molar-refractivity contribution in [2.45, 2.75) is 25.9 Å². The number of benzene rings is 1. The Balaban J connectivity index is 1.93. The van der Waals surface area contributed by atoms with E-state index in [0.29, 0.717) is 12.0 Å². The average Bonchev–Trinajstić information content (AvgIpc) is 2.41. The zero-order chi connectivity index (χ0) is 13.0. The maximum absolute atomic E-state index is 6.37. The summed E-state index contributed by atoms with van der Waals surface area (Å²) in [5.41, 5.74) is 7.62. The monoisotopic (exact) mass is 264 g/mol. The Bertz CT molecular complexity index is 355. The Morgan fingerprint density at radius 2 is 2.11 bits per heavy atom. The maximum atomic E-state index is 6.37. The molecule has 0 spiro atoms. The summed E-state index contributed by atoms with van der Waals surface area (Å²) in [5.74, 6) is 3.02. The molecule has 3 unspecified atom stereocenters. The molecule has 2 N–H and O–H groups in total. The first-order valence-corrected chi connectivity index (χ1v) is 7.96. The third kappa shape index (κ3) is 3.50. The van der Waals surface area contributed by atoms with Crippen molar-refractivity contribution in [1.82, 2.24) is 4.90 Å². The largest absolute Gasteiger partial charge is 0.324 e. The molecule has 0 saturated carbocycles. The molecule has 1 aromatic rings. The van der Waals surface area contributed by atoms with E-state index < -0.39 is 0 Å². The lowest BCUT2D eigenvalue weighted by Gasteiger charge is -2.36. The third-order valence-corrected chi connectivity index (χ3v) is 5.01. The first-order chi connectivity index (χ1) is 8.68. The van der Waals surface area contributed by atoms with E-state index in [1.807, 2.05) is 6.07 Å². The number of thioether (sulfide) groups is 1. The van der Waals surface area contributed by atoms with Gasteiger partial charge < -0.3 is 5.73 Å². The zero-order valence-corrected chi connectivity index (χ0v) is 12.2. The first-order valence-electron chi connectivity index (χ1n) is 6.81. The van der Waals surface area contributed by atoms with E-state index >= 15 is 0 Å². The van der Waals surface area contributed by atoms with Crippen molar-refractivity contribution in [1.29, 1.82) is 0 Å². The number of rotatable bonds is 4. The molecule has 0 aliphatic carbocycles. The molecule has 1 aliphatic heterocycles. The van der Waals surface area contributed by atoms with E-state index in [9.17, 15) is 0 Å². The molecule has 1 heterocycles. The SMILES string of the molecule is CC(CN1CCSCC1C)C(N)c1ccccc1. The Morgan fingerprint density at radius 1 is 1.39 bits per heavy atom. The van der Waals surface area contributed by atoms with Crippen LogP contribution in [-0.2, 0) is 0 Å². The van der Waals surface area contributed by atoms with Gasteiger partial charge in [0, 0.05) is 36.7 Å². The zero-order valence-electron chi connectivity index (χ0n) is 11.4. The molecule has 3 atom stereocenters. The van der Waals surface area contributed by atoms with Gasteiger partial charge in [-0.25, -0.2) is 0 Å². The Hall–Kier alpha value is -0.510. The molecular weight excluding hydrogens is 240 g/mol. The van der Waals surface area contributed by atoms with Gasteiger partial charge in [0.15, 0.2) is 0 Å². The van der Waals surface area contributed by atoms with Crippen molar-refractivity contribution in [3.63, 3.8) is 0 Å². The minimum Gasteiger partial charge on any atom is -0.324 e. The maximum Gasteiger partial charge on any atom is 0.0333 e. The van der Waals surface area contributed by atoms with Crippen LogP contribution in [0.1, 0.15) is 25.5 Å². The predicted octanol–water partition coefficient (Wildman–Crippen LogP) is 2.76. The van der Waals surface area contributed by atoms with Crippen LogP contribution in [0.2, 0.25) is 0 Å². The molecule has 1 fully saturated rings. The molecule has 0 bridgehead atoms. The normalized spacial score (nSPS) is 24.7. The highest BCUT2D eigenvalue weighted by atomic mass is 32.2. The van der Waals surface area contributed by atoms with Crippen molar-refractivity contribution in [3.05, 3.63) is 35.9 Å². The molecule has 3 heteroatoms. The van der Waals surface area contributed by atoms with Crippen LogP contribution in [0.4, 0.5) is 0 Å². The fourth-order valence-electron chi connectivity index (χ4n) is 2.52. The second-order valence-corrected chi connectivity index (χ2v) is 6.48. The molecule has 0 amide bonds. The molecule has 0 aromatic heterocycles. The summed E-state index contributed by atoms with van der Waals surface area (Å²) in [6.07, 6.45) is 0. The molecule has 1 aromatic carbocycles. The van der Waals surface area contributed by atoms with Crippen molar-refractivity contribution in [2.75, 3.05) is 24.6 Å². The molecule has 1 aliphatic rings. The Kier molecular flexibility index (Phi) is 5.10. The molecule has 2 nitrogen and oxygen atoms in total. The second kappa shape index (κ2) is 6.60. The van der Waals surface area contributed by atoms with Crippen molar-refractivity contribution >= 4 is 11.8 Å². The van der Waals surface area contributed by atoms with Crippen LogP contribution in [0.3, 0.4) is 0 Å². The van der Waals surface area contributed by atoms with Crippen LogP contribution in [0.5, 0.6) is 0 Å². The lowest BCUT2D eigenvalue weighted by Crippen LogP contribution is -2.44. The predicted molar refractivity (Wildman–Crippen MR) is 80.9 cm³/mol.